The predicted molar refractivity (Wildman–Crippen MR) is 65.3 cm³/mol. The molecule has 0 amide bonds. The van der Waals surface area contributed by atoms with Crippen LogP contribution in [0.15, 0.2) is 48.8 Å². The highest BCUT2D eigenvalue weighted by Crippen LogP contribution is 2.22. The molecule has 0 aliphatic heterocycles. The Balaban J connectivity index is 2.30. The van der Waals surface area contributed by atoms with Crippen LogP contribution in [-0.2, 0) is 0 Å². The molecule has 0 saturated carbocycles. The number of hydrogen-bond donors (Lipinski definition) is 0. The van der Waals surface area contributed by atoms with Crippen LogP contribution in [0, 0.1) is 12.7 Å². The lowest BCUT2D eigenvalue weighted by molar-refractivity contribution is 0.621. The van der Waals surface area contributed by atoms with E-state index >= 15 is 0 Å². The average molecular weight is 226 g/mol. The van der Waals surface area contributed by atoms with E-state index in [4.69, 9.17) is 0 Å². The third-order valence-electron chi connectivity index (χ3n) is 2.88. The van der Waals surface area contributed by atoms with E-state index in [1.165, 1.54) is 0 Å². The van der Waals surface area contributed by atoms with Crippen molar-refractivity contribution in [2.75, 3.05) is 0 Å². The van der Waals surface area contributed by atoms with Gasteiger partial charge in [0.05, 0.1) is 11.9 Å². The third-order valence-corrected chi connectivity index (χ3v) is 2.88. The van der Waals surface area contributed by atoms with Crippen LogP contribution < -0.4 is 0 Å². The third kappa shape index (κ3) is 1.51. The molecule has 0 radical (unpaired) electrons. The van der Waals surface area contributed by atoms with Crippen molar-refractivity contribution in [3.63, 3.8) is 0 Å². The first-order valence-corrected chi connectivity index (χ1v) is 5.45. The van der Waals surface area contributed by atoms with Crippen molar-refractivity contribution in [2.24, 2.45) is 0 Å². The van der Waals surface area contributed by atoms with E-state index in [0.717, 1.165) is 11.3 Å². The number of fused-ring (bicyclic) bond motifs is 1. The van der Waals surface area contributed by atoms with Crippen LogP contribution in [0.25, 0.3) is 16.9 Å². The lowest BCUT2D eigenvalue weighted by atomic mass is 10.2. The van der Waals surface area contributed by atoms with E-state index in [1.807, 2.05) is 36.5 Å². The second kappa shape index (κ2) is 3.70. The molecular weight excluding hydrogens is 215 g/mol. The van der Waals surface area contributed by atoms with Gasteiger partial charge in [0.15, 0.2) is 11.5 Å². The Morgan fingerprint density at radius 1 is 1.12 bits per heavy atom. The topological polar surface area (TPSA) is 17.3 Å². The van der Waals surface area contributed by atoms with Crippen LogP contribution in [0.1, 0.15) is 5.56 Å². The Morgan fingerprint density at radius 2 is 1.88 bits per heavy atom. The van der Waals surface area contributed by atoms with Crippen LogP contribution >= 0.6 is 0 Å². The van der Waals surface area contributed by atoms with Gasteiger partial charge in [-0.15, -0.1) is 0 Å². The number of aromatic nitrogens is 2. The number of imidazole rings is 1. The van der Waals surface area contributed by atoms with Crippen molar-refractivity contribution in [2.45, 2.75) is 6.92 Å². The Labute approximate surface area is 98.4 Å². The standard InChI is InChI=1S/C14H11FN2/c1-10-7-8-17-12(9-16-14(17)13(10)15)11-5-3-2-4-6-11/h2-9H,1H3. The molecule has 2 heterocycles. The first-order valence-electron chi connectivity index (χ1n) is 5.45. The van der Waals surface area contributed by atoms with Gasteiger partial charge in [-0.25, -0.2) is 9.37 Å². The van der Waals surface area contributed by atoms with Gasteiger partial charge in [-0.2, -0.15) is 0 Å². The molecule has 17 heavy (non-hydrogen) atoms. The summed E-state index contributed by atoms with van der Waals surface area (Å²) < 4.78 is 15.6. The summed E-state index contributed by atoms with van der Waals surface area (Å²) in [5.74, 6) is -0.255. The second-order valence-corrected chi connectivity index (χ2v) is 4.02. The normalized spacial score (nSPS) is 10.9. The zero-order valence-electron chi connectivity index (χ0n) is 9.39. The molecule has 0 N–H and O–H groups in total. The van der Waals surface area contributed by atoms with Gasteiger partial charge in [0.25, 0.3) is 0 Å². The van der Waals surface area contributed by atoms with Gasteiger partial charge in [0.1, 0.15) is 0 Å². The minimum Gasteiger partial charge on any atom is -0.297 e. The number of nitrogens with zero attached hydrogens (tertiary/aromatic N) is 2. The highest BCUT2D eigenvalue weighted by molar-refractivity contribution is 5.64. The summed E-state index contributed by atoms with van der Waals surface area (Å²) >= 11 is 0. The molecule has 3 aromatic rings. The molecule has 84 valence electrons. The molecule has 3 rings (SSSR count). The van der Waals surface area contributed by atoms with Gasteiger partial charge in [0.2, 0.25) is 0 Å². The summed E-state index contributed by atoms with van der Waals surface area (Å²) in [5.41, 5.74) is 2.93. The summed E-state index contributed by atoms with van der Waals surface area (Å²) in [5, 5.41) is 0. The van der Waals surface area contributed by atoms with E-state index in [2.05, 4.69) is 4.98 Å². The molecule has 1 aromatic carbocycles. The number of halogens is 1. The van der Waals surface area contributed by atoms with Crippen molar-refractivity contribution in [3.8, 4) is 11.3 Å². The zero-order chi connectivity index (χ0) is 11.8. The van der Waals surface area contributed by atoms with E-state index in [0.29, 0.717) is 11.2 Å². The van der Waals surface area contributed by atoms with E-state index < -0.39 is 0 Å². The molecule has 0 fully saturated rings. The molecule has 2 nitrogen and oxygen atoms in total. The maximum Gasteiger partial charge on any atom is 0.173 e. The maximum atomic E-state index is 13.8. The number of hydrogen-bond acceptors (Lipinski definition) is 1. The van der Waals surface area contributed by atoms with Crippen LogP contribution in [0.4, 0.5) is 4.39 Å². The van der Waals surface area contributed by atoms with Crippen LogP contribution in [0.5, 0.6) is 0 Å². The Bertz CT molecular complexity index is 671. The maximum absolute atomic E-state index is 13.8. The smallest absolute Gasteiger partial charge is 0.173 e. The van der Waals surface area contributed by atoms with Gasteiger partial charge in [-0.05, 0) is 18.6 Å². The number of benzene rings is 1. The van der Waals surface area contributed by atoms with E-state index in [-0.39, 0.29) is 5.82 Å². The molecule has 2 aromatic heterocycles. The molecule has 0 bridgehead atoms. The monoisotopic (exact) mass is 226 g/mol. The second-order valence-electron chi connectivity index (χ2n) is 4.02. The summed E-state index contributed by atoms with van der Waals surface area (Å²) in [4.78, 5) is 4.14. The van der Waals surface area contributed by atoms with Crippen LogP contribution in [0.2, 0.25) is 0 Å². The zero-order valence-corrected chi connectivity index (χ0v) is 9.39. The molecule has 0 spiro atoms. The van der Waals surface area contributed by atoms with Gasteiger partial charge in [0, 0.05) is 11.8 Å². The molecule has 0 saturated heterocycles. The SMILES string of the molecule is Cc1ccn2c(-c3ccccc3)cnc2c1F. The Hall–Kier alpha value is -2.16. The summed E-state index contributed by atoms with van der Waals surface area (Å²) in [7, 11) is 0. The number of rotatable bonds is 1. The van der Waals surface area contributed by atoms with Gasteiger partial charge >= 0.3 is 0 Å². The van der Waals surface area contributed by atoms with Gasteiger partial charge in [-0.3, -0.25) is 4.40 Å². The predicted octanol–water partition coefficient (Wildman–Crippen LogP) is 3.45. The first kappa shape index (κ1) is 10.0. The summed E-state index contributed by atoms with van der Waals surface area (Å²) in [6, 6.07) is 11.6. The quantitative estimate of drug-likeness (QED) is 0.621. The summed E-state index contributed by atoms with van der Waals surface area (Å²) in [6.45, 7) is 1.74. The van der Waals surface area contributed by atoms with Crippen molar-refractivity contribution in [3.05, 3.63) is 60.2 Å². The lowest BCUT2D eigenvalue weighted by Gasteiger charge is -2.03. The van der Waals surface area contributed by atoms with Crippen molar-refractivity contribution in [1.29, 1.82) is 0 Å². The minimum atomic E-state index is -0.255. The van der Waals surface area contributed by atoms with Crippen molar-refractivity contribution in [1.82, 2.24) is 9.38 Å². The van der Waals surface area contributed by atoms with Crippen LogP contribution in [0.3, 0.4) is 0 Å². The van der Waals surface area contributed by atoms with E-state index in [9.17, 15) is 4.39 Å². The lowest BCUT2D eigenvalue weighted by Crippen LogP contribution is -1.93. The Morgan fingerprint density at radius 3 is 2.65 bits per heavy atom. The minimum absolute atomic E-state index is 0.255. The van der Waals surface area contributed by atoms with Gasteiger partial charge < -0.3 is 0 Å². The highest BCUT2D eigenvalue weighted by Gasteiger charge is 2.10. The molecule has 0 atom stereocenters. The van der Waals surface area contributed by atoms with E-state index in [1.54, 1.807) is 23.6 Å². The van der Waals surface area contributed by atoms with Crippen molar-refractivity contribution < 1.29 is 4.39 Å². The molecule has 0 unspecified atom stereocenters. The first-order chi connectivity index (χ1) is 8.27. The molecule has 3 heteroatoms. The van der Waals surface area contributed by atoms with Crippen LogP contribution in [-0.4, -0.2) is 9.38 Å². The molecule has 0 aliphatic rings. The number of pyridine rings is 1. The largest absolute Gasteiger partial charge is 0.297 e. The fourth-order valence-electron chi connectivity index (χ4n) is 1.93. The highest BCUT2D eigenvalue weighted by atomic mass is 19.1. The molecule has 0 aliphatic carbocycles. The van der Waals surface area contributed by atoms with Crippen molar-refractivity contribution >= 4 is 5.65 Å². The molecular formula is C14H11FN2. The fraction of sp³-hybridized carbons (Fsp3) is 0.0714. The average Bonchev–Trinajstić information content (AvgIpc) is 2.79. The fourth-order valence-corrected chi connectivity index (χ4v) is 1.93. The summed E-state index contributed by atoms with van der Waals surface area (Å²) in [6.07, 6.45) is 3.55. The number of aryl methyl sites for hydroxylation is 1. The van der Waals surface area contributed by atoms with Gasteiger partial charge in [-0.1, -0.05) is 30.3 Å². The Kier molecular flexibility index (Phi) is 2.18.